The van der Waals surface area contributed by atoms with Crippen LogP contribution < -0.4 is 5.32 Å². The van der Waals surface area contributed by atoms with Gasteiger partial charge in [0.05, 0.1) is 6.61 Å². The molecule has 102 valence electrons. The average molecular weight is 242 g/mol. The molecule has 1 N–H and O–H groups in total. The Kier molecular flexibility index (Phi) is 6.45. The number of hydrogen-bond donors (Lipinski definition) is 1. The molecule has 3 unspecified atom stereocenters. The molecule has 1 saturated carbocycles. The van der Waals surface area contributed by atoms with Crippen LogP contribution in [0.25, 0.3) is 0 Å². The molecule has 3 nitrogen and oxygen atoms in total. The second kappa shape index (κ2) is 7.34. The molecule has 1 aliphatic rings. The van der Waals surface area contributed by atoms with E-state index in [1.54, 1.807) is 7.11 Å². The summed E-state index contributed by atoms with van der Waals surface area (Å²) in [4.78, 5) is 2.49. The van der Waals surface area contributed by atoms with Crippen LogP contribution in [0.5, 0.6) is 0 Å². The zero-order chi connectivity index (χ0) is 12.8. The van der Waals surface area contributed by atoms with Crippen molar-refractivity contribution in [1.82, 2.24) is 10.2 Å². The lowest BCUT2D eigenvalue weighted by Gasteiger charge is -2.45. The molecule has 0 bridgehead atoms. The van der Waals surface area contributed by atoms with Crippen molar-refractivity contribution >= 4 is 0 Å². The van der Waals surface area contributed by atoms with Gasteiger partial charge in [0.15, 0.2) is 0 Å². The third-order valence-corrected chi connectivity index (χ3v) is 3.96. The molecule has 0 spiro atoms. The summed E-state index contributed by atoms with van der Waals surface area (Å²) in [5.74, 6) is 1.58. The Labute approximate surface area is 107 Å². The highest BCUT2D eigenvalue weighted by Crippen LogP contribution is 2.31. The minimum absolute atomic E-state index is 0.526. The minimum atomic E-state index is 0.526. The highest BCUT2D eigenvalue weighted by molar-refractivity contribution is 4.90. The first-order valence-electron chi connectivity index (χ1n) is 6.97. The molecular weight excluding hydrogens is 212 g/mol. The van der Waals surface area contributed by atoms with Gasteiger partial charge in [-0.2, -0.15) is 0 Å². The van der Waals surface area contributed by atoms with Crippen molar-refractivity contribution in [3.63, 3.8) is 0 Å². The fourth-order valence-corrected chi connectivity index (χ4v) is 2.57. The van der Waals surface area contributed by atoms with Crippen LogP contribution in [0.3, 0.4) is 0 Å². The van der Waals surface area contributed by atoms with Gasteiger partial charge in [-0.1, -0.05) is 13.8 Å². The van der Waals surface area contributed by atoms with Crippen LogP contribution in [0.4, 0.5) is 0 Å². The van der Waals surface area contributed by atoms with Gasteiger partial charge in [-0.25, -0.2) is 0 Å². The smallest absolute Gasteiger partial charge is 0.0615 e. The molecule has 1 fully saturated rings. The zero-order valence-corrected chi connectivity index (χ0v) is 12.2. The van der Waals surface area contributed by atoms with Gasteiger partial charge >= 0.3 is 0 Å². The van der Waals surface area contributed by atoms with E-state index in [9.17, 15) is 0 Å². The Balaban J connectivity index is 2.25. The molecule has 3 atom stereocenters. The number of methoxy groups -OCH3 is 1. The van der Waals surface area contributed by atoms with Gasteiger partial charge in [-0.15, -0.1) is 0 Å². The second-order valence-corrected chi connectivity index (χ2v) is 5.93. The number of nitrogens with zero attached hydrogens (tertiary/aromatic N) is 1. The Morgan fingerprint density at radius 1 is 1.29 bits per heavy atom. The number of likely N-dealkylation sites (N-methyl/N-ethyl adjacent to an activating group) is 1. The summed E-state index contributed by atoms with van der Waals surface area (Å²) in [5, 5.41) is 3.58. The normalized spacial score (nSPS) is 26.3. The molecule has 0 aromatic heterocycles. The topological polar surface area (TPSA) is 24.5 Å². The third kappa shape index (κ3) is 4.57. The van der Waals surface area contributed by atoms with E-state index < -0.39 is 0 Å². The summed E-state index contributed by atoms with van der Waals surface area (Å²) in [5.41, 5.74) is 0. The van der Waals surface area contributed by atoms with Crippen molar-refractivity contribution in [3.05, 3.63) is 0 Å². The van der Waals surface area contributed by atoms with Crippen molar-refractivity contribution in [2.45, 2.75) is 45.7 Å². The molecule has 3 heteroatoms. The highest BCUT2D eigenvalue weighted by atomic mass is 16.5. The maximum Gasteiger partial charge on any atom is 0.0615 e. The number of nitrogens with one attached hydrogen (secondary N) is 1. The fraction of sp³-hybridized carbons (Fsp3) is 1.00. The van der Waals surface area contributed by atoms with E-state index in [0.29, 0.717) is 6.04 Å². The van der Waals surface area contributed by atoms with Crippen LogP contribution in [0.15, 0.2) is 0 Å². The van der Waals surface area contributed by atoms with Crippen LogP contribution in [-0.2, 0) is 4.74 Å². The minimum Gasteiger partial charge on any atom is -0.383 e. The molecular formula is C14H30N2O. The van der Waals surface area contributed by atoms with Crippen LogP contribution >= 0.6 is 0 Å². The summed E-state index contributed by atoms with van der Waals surface area (Å²) in [6.07, 6.45) is 2.72. The lowest BCUT2D eigenvalue weighted by molar-refractivity contribution is 0.0233. The molecule has 0 heterocycles. The van der Waals surface area contributed by atoms with E-state index in [-0.39, 0.29) is 0 Å². The molecule has 0 aliphatic heterocycles. The Hall–Kier alpha value is -0.120. The standard InChI is InChI=1S/C14H30N2O/c1-11(2)8-15-9-13-6-7-14(13)16(4)12(3)10-17-5/h11-15H,6-10H2,1-5H3. The van der Waals surface area contributed by atoms with E-state index in [2.05, 4.69) is 38.0 Å². The van der Waals surface area contributed by atoms with E-state index >= 15 is 0 Å². The van der Waals surface area contributed by atoms with Crippen molar-refractivity contribution in [2.75, 3.05) is 33.9 Å². The van der Waals surface area contributed by atoms with Crippen molar-refractivity contribution in [3.8, 4) is 0 Å². The lowest BCUT2D eigenvalue weighted by Crippen LogP contribution is -2.52. The summed E-state index contributed by atoms with van der Waals surface area (Å²) >= 11 is 0. The Morgan fingerprint density at radius 2 is 2.00 bits per heavy atom. The van der Waals surface area contributed by atoms with Crippen LogP contribution in [-0.4, -0.2) is 50.8 Å². The largest absolute Gasteiger partial charge is 0.383 e. The van der Waals surface area contributed by atoms with E-state index in [1.807, 2.05) is 0 Å². The average Bonchev–Trinajstić information content (AvgIpc) is 2.22. The predicted octanol–water partition coefficient (Wildman–Crippen LogP) is 1.98. The molecule has 0 aromatic carbocycles. The number of hydrogen-bond acceptors (Lipinski definition) is 3. The second-order valence-electron chi connectivity index (χ2n) is 5.93. The quantitative estimate of drug-likeness (QED) is 0.704. The molecule has 0 aromatic rings. The number of rotatable bonds is 8. The van der Waals surface area contributed by atoms with E-state index in [0.717, 1.165) is 31.0 Å². The van der Waals surface area contributed by atoms with E-state index in [4.69, 9.17) is 4.74 Å². The van der Waals surface area contributed by atoms with Gasteiger partial charge in [0.25, 0.3) is 0 Å². The maximum atomic E-state index is 5.23. The van der Waals surface area contributed by atoms with Crippen molar-refractivity contribution in [1.29, 1.82) is 0 Å². The first kappa shape index (κ1) is 14.9. The first-order chi connectivity index (χ1) is 8.06. The summed E-state index contributed by atoms with van der Waals surface area (Å²) in [6, 6.07) is 1.28. The SMILES string of the molecule is COCC(C)N(C)C1CCC1CNCC(C)C. The van der Waals surface area contributed by atoms with Crippen LogP contribution in [0.2, 0.25) is 0 Å². The molecule has 0 radical (unpaired) electrons. The van der Waals surface area contributed by atoms with Gasteiger partial charge in [0.1, 0.15) is 0 Å². The highest BCUT2D eigenvalue weighted by Gasteiger charge is 2.35. The molecule has 0 saturated heterocycles. The fourth-order valence-electron chi connectivity index (χ4n) is 2.57. The third-order valence-electron chi connectivity index (χ3n) is 3.96. The van der Waals surface area contributed by atoms with Gasteiger partial charge < -0.3 is 10.1 Å². The first-order valence-corrected chi connectivity index (χ1v) is 6.97. The van der Waals surface area contributed by atoms with Crippen LogP contribution in [0.1, 0.15) is 33.6 Å². The molecule has 1 rings (SSSR count). The van der Waals surface area contributed by atoms with Gasteiger partial charge in [0.2, 0.25) is 0 Å². The molecule has 0 amide bonds. The maximum absolute atomic E-state index is 5.23. The summed E-state index contributed by atoms with van der Waals surface area (Å²) in [7, 11) is 4.02. The van der Waals surface area contributed by atoms with Crippen molar-refractivity contribution < 1.29 is 4.74 Å². The Morgan fingerprint density at radius 3 is 2.47 bits per heavy atom. The molecule has 17 heavy (non-hydrogen) atoms. The Bertz CT molecular complexity index is 208. The van der Waals surface area contributed by atoms with Crippen LogP contribution in [0, 0.1) is 11.8 Å². The zero-order valence-electron chi connectivity index (χ0n) is 12.2. The predicted molar refractivity (Wildman–Crippen MR) is 73.3 cm³/mol. The number of ether oxygens (including phenoxy) is 1. The van der Waals surface area contributed by atoms with Gasteiger partial charge in [0, 0.05) is 19.2 Å². The monoisotopic (exact) mass is 242 g/mol. The van der Waals surface area contributed by atoms with Gasteiger partial charge in [-0.3, -0.25) is 4.90 Å². The summed E-state index contributed by atoms with van der Waals surface area (Å²) < 4.78 is 5.23. The lowest BCUT2D eigenvalue weighted by atomic mass is 9.78. The summed E-state index contributed by atoms with van der Waals surface area (Å²) in [6.45, 7) is 9.92. The van der Waals surface area contributed by atoms with E-state index in [1.165, 1.54) is 19.4 Å². The van der Waals surface area contributed by atoms with Gasteiger partial charge in [-0.05, 0) is 51.7 Å². The molecule has 1 aliphatic carbocycles. The van der Waals surface area contributed by atoms with Crippen molar-refractivity contribution in [2.24, 2.45) is 11.8 Å².